The Balaban J connectivity index is 1.46. The van der Waals surface area contributed by atoms with Gasteiger partial charge >= 0.3 is 0 Å². The lowest BCUT2D eigenvalue weighted by Crippen LogP contribution is -2.29. The third-order valence-corrected chi connectivity index (χ3v) is 6.13. The van der Waals surface area contributed by atoms with E-state index in [1.165, 1.54) is 49.8 Å². The van der Waals surface area contributed by atoms with E-state index in [-0.39, 0.29) is 17.4 Å². The molecule has 35 heavy (non-hydrogen) atoms. The van der Waals surface area contributed by atoms with Crippen molar-refractivity contribution in [3.63, 3.8) is 0 Å². The molecule has 2 aromatic heterocycles. The van der Waals surface area contributed by atoms with Crippen LogP contribution in [0.3, 0.4) is 0 Å². The van der Waals surface area contributed by atoms with E-state index >= 15 is 0 Å². The number of hydrogen-bond donors (Lipinski definition) is 2. The molecule has 0 radical (unpaired) electrons. The topological polar surface area (TPSA) is 145 Å². The van der Waals surface area contributed by atoms with Gasteiger partial charge in [-0.2, -0.15) is 5.10 Å². The Labute approximate surface area is 200 Å². The summed E-state index contributed by atoms with van der Waals surface area (Å²) in [6.07, 6.45) is 2.82. The van der Waals surface area contributed by atoms with Crippen molar-refractivity contribution in [1.29, 1.82) is 0 Å². The second kappa shape index (κ2) is 10.1. The van der Waals surface area contributed by atoms with Gasteiger partial charge in [-0.1, -0.05) is 12.1 Å². The van der Waals surface area contributed by atoms with Crippen LogP contribution in [0.2, 0.25) is 0 Å². The van der Waals surface area contributed by atoms with Crippen molar-refractivity contribution in [3.8, 4) is 17.0 Å². The van der Waals surface area contributed by atoms with Crippen LogP contribution in [0.25, 0.3) is 11.3 Å². The van der Waals surface area contributed by atoms with E-state index in [4.69, 9.17) is 4.74 Å². The van der Waals surface area contributed by atoms with E-state index in [1.54, 1.807) is 24.3 Å². The molecule has 2 heterocycles. The summed E-state index contributed by atoms with van der Waals surface area (Å²) in [4.78, 5) is 32.4. The molecule has 0 bridgehead atoms. The largest absolute Gasteiger partial charge is 0.496 e. The first kappa shape index (κ1) is 23.6. The highest BCUT2D eigenvalue weighted by atomic mass is 32.2. The fraction of sp³-hybridized carbons (Fsp3) is 0.0870. The smallest absolute Gasteiger partial charge is 0.267 e. The number of hydrogen-bond acceptors (Lipinski definition) is 8. The number of carbonyl (C=O) groups excluding carboxylic acids is 1. The number of anilines is 2. The van der Waals surface area contributed by atoms with Crippen molar-refractivity contribution in [1.82, 2.24) is 19.7 Å². The number of aromatic nitrogens is 4. The van der Waals surface area contributed by atoms with Crippen molar-refractivity contribution in [2.24, 2.45) is 0 Å². The van der Waals surface area contributed by atoms with Crippen molar-refractivity contribution < 1.29 is 17.9 Å². The van der Waals surface area contributed by atoms with Gasteiger partial charge in [0.25, 0.3) is 15.6 Å². The van der Waals surface area contributed by atoms with E-state index < -0.39 is 21.5 Å². The standard InChI is InChI=1S/C23H20N6O5S/c1-34-20-6-3-2-5-18(20)19-11-12-22(31)29(27-19)15-21(30)26-16-7-9-17(10-8-16)35(32,33)28-23-24-13-4-14-25-23/h2-14H,15H2,1H3,(H,26,30)(H,24,25,28). The lowest BCUT2D eigenvalue weighted by Gasteiger charge is -2.11. The van der Waals surface area contributed by atoms with Crippen molar-refractivity contribution in [2.45, 2.75) is 11.4 Å². The predicted molar refractivity (Wildman–Crippen MR) is 128 cm³/mol. The van der Waals surface area contributed by atoms with Gasteiger partial charge in [0, 0.05) is 29.7 Å². The molecule has 0 saturated carbocycles. The lowest BCUT2D eigenvalue weighted by molar-refractivity contribution is -0.117. The molecule has 0 spiro atoms. The fourth-order valence-corrected chi connectivity index (χ4v) is 4.10. The molecule has 4 aromatic rings. The van der Waals surface area contributed by atoms with Crippen LogP contribution in [-0.2, 0) is 21.4 Å². The van der Waals surface area contributed by atoms with Crippen molar-refractivity contribution in [3.05, 3.63) is 89.5 Å². The Bertz CT molecular complexity index is 1510. The number of benzene rings is 2. The lowest BCUT2D eigenvalue weighted by atomic mass is 10.1. The summed E-state index contributed by atoms with van der Waals surface area (Å²) in [5.74, 6) is 0.0133. The first-order chi connectivity index (χ1) is 16.9. The van der Waals surface area contributed by atoms with Gasteiger partial charge in [-0.25, -0.2) is 27.8 Å². The molecule has 0 saturated heterocycles. The Hall–Kier alpha value is -4.58. The Morgan fingerprint density at radius 1 is 0.971 bits per heavy atom. The minimum absolute atomic E-state index is 0.0367. The number of nitrogens with one attached hydrogen (secondary N) is 2. The molecule has 0 atom stereocenters. The highest BCUT2D eigenvalue weighted by molar-refractivity contribution is 7.92. The highest BCUT2D eigenvalue weighted by Gasteiger charge is 2.16. The number of para-hydroxylation sites is 1. The van der Waals surface area contributed by atoms with Gasteiger partial charge in [0.2, 0.25) is 11.9 Å². The molecule has 12 heteroatoms. The normalized spacial score (nSPS) is 11.0. The third-order valence-electron chi connectivity index (χ3n) is 4.78. The number of methoxy groups -OCH3 is 1. The second-order valence-corrected chi connectivity index (χ2v) is 8.85. The molecular formula is C23H20N6O5S. The predicted octanol–water partition coefficient (Wildman–Crippen LogP) is 2.15. The molecule has 2 aromatic carbocycles. The van der Waals surface area contributed by atoms with Crippen LogP contribution in [0.4, 0.5) is 11.6 Å². The minimum Gasteiger partial charge on any atom is -0.496 e. The first-order valence-electron chi connectivity index (χ1n) is 10.3. The SMILES string of the molecule is COc1ccccc1-c1ccc(=O)n(CC(=O)Nc2ccc(S(=O)(=O)Nc3ncccn3)cc2)n1. The maximum atomic E-state index is 12.5. The van der Waals surface area contributed by atoms with Gasteiger partial charge < -0.3 is 10.1 Å². The highest BCUT2D eigenvalue weighted by Crippen LogP contribution is 2.27. The van der Waals surface area contributed by atoms with Gasteiger partial charge in [-0.05, 0) is 48.5 Å². The molecule has 0 aliphatic heterocycles. The van der Waals surface area contributed by atoms with E-state index in [0.717, 1.165) is 4.68 Å². The Kier molecular flexibility index (Phi) is 6.83. The van der Waals surface area contributed by atoms with E-state index in [9.17, 15) is 18.0 Å². The van der Waals surface area contributed by atoms with E-state index in [1.807, 2.05) is 12.1 Å². The zero-order valence-corrected chi connectivity index (χ0v) is 19.3. The number of amides is 1. The molecule has 0 unspecified atom stereocenters. The molecule has 2 N–H and O–H groups in total. The van der Waals surface area contributed by atoms with E-state index in [0.29, 0.717) is 22.7 Å². The minimum atomic E-state index is -3.90. The summed E-state index contributed by atoms with van der Waals surface area (Å²) in [5, 5.41) is 6.91. The molecule has 4 rings (SSSR count). The summed E-state index contributed by atoms with van der Waals surface area (Å²) in [5.41, 5.74) is 1.04. The summed E-state index contributed by atoms with van der Waals surface area (Å²) in [6.45, 7) is -0.339. The maximum absolute atomic E-state index is 12.5. The van der Waals surface area contributed by atoms with Crippen LogP contribution < -0.4 is 20.3 Å². The molecule has 0 aliphatic carbocycles. The molecule has 178 valence electrons. The second-order valence-electron chi connectivity index (χ2n) is 7.17. The molecular weight excluding hydrogens is 472 g/mol. The number of rotatable bonds is 8. The summed E-state index contributed by atoms with van der Waals surface area (Å²) < 4.78 is 33.6. The Morgan fingerprint density at radius 2 is 1.69 bits per heavy atom. The van der Waals surface area contributed by atoms with Gasteiger partial charge in [-0.3, -0.25) is 9.59 Å². The fourth-order valence-electron chi connectivity index (χ4n) is 3.15. The molecule has 0 fully saturated rings. The van der Waals surface area contributed by atoms with E-state index in [2.05, 4.69) is 25.1 Å². The average Bonchev–Trinajstić information content (AvgIpc) is 2.86. The quantitative estimate of drug-likeness (QED) is 0.381. The zero-order chi connectivity index (χ0) is 24.8. The van der Waals surface area contributed by atoms with Gasteiger partial charge in [0.1, 0.15) is 12.3 Å². The van der Waals surface area contributed by atoms with Crippen LogP contribution >= 0.6 is 0 Å². The Morgan fingerprint density at radius 3 is 2.40 bits per heavy atom. The molecule has 1 amide bonds. The maximum Gasteiger partial charge on any atom is 0.267 e. The first-order valence-corrected chi connectivity index (χ1v) is 11.8. The number of nitrogens with zero attached hydrogens (tertiary/aromatic N) is 4. The summed E-state index contributed by atoms with van der Waals surface area (Å²) in [7, 11) is -2.37. The van der Waals surface area contributed by atoms with Crippen LogP contribution in [0.15, 0.2) is 88.8 Å². The van der Waals surface area contributed by atoms with Crippen molar-refractivity contribution >= 4 is 27.6 Å². The van der Waals surface area contributed by atoms with Crippen LogP contribution in [-0.4, -0.2) is 41.2 Å². The molecule has 11 nitrogen and oxygen atoms in total. The van der Waals surface area contributed by atoms with Crippen LogP contribution in [0.1, 0.15) is 0 Å². The summed E-state index contributed by atoms with van der Waals surface area (Å²) >= 11 is 0. The number of ether oxygens (including phenoxy) is 1. The monoisotopic (exact) mass is 492 g/mol. The van der Waals surface area contributed by atoms with Crippen LogP contribution in [0, 0.1) is 0 Å². The van der Waals surface area contributed by atoms with Gasteiger partial charge in [0.15, 0.2) is 0 Å². The number of sulfonamides is 1. The average molecular weight is 493 g/mol. The van der Waals surface area contributed by atoms with Gasteiger partial charge in [-0.15, -0.1) is 0 Å². The third kappa shape index (κ3) is 5.68. The van der Waals surface area contributed by atoms with Crippen LogP contribution in [0.5, 0.6) is 5.75 Å². The summed E-state index contributed by atoms with van der Waals surface area (Å²) in [6, 6.07) is 17.2. The zero-order valence-electron chi connectivity index (χ0n) is 18.5. The van der Waals surface area contributed by atoms with Gasteiger partial charge in [0.05, 0.1) is 17.7 Å². The molecule has 0 aliphatic rings. The van der Waals surface area contributed by atoms with Crippen molar-refractivity contribution in [2.75, 3.05) is 17.1 Å². The number of carbonyl (C=O) groups is 1.